The Morgan fingerprint density at radius 1 is 0.769 bits per heavy atom. The first-order valence-corrected chi connectivity index (χ1v) is 17.3. The molecule has 4 aliphatic rings. The van der Waals surface area contributed by atoms with E-state index in [0.29, 0.717) is 51.0 Å². The average molecular weight is 680 g/mol. The molecule has 0 saturated heterocycles. The molecule has 10 rings (SSSR count). The van der Waals surface area contributed by atoms with E-state index < -0.39 is 0 Å². The number of anilines is 6. The van der Waals surface area contributed by atoms with E-state index in [1.54, 1.807) is 0 Å². The minimum atomic E-state index is -0.315. The number of benzene rings is 6. The third-order valence-electron chi connectivity index (χ3n) is 11.7. The van der Waals surface area contributed by atoms with Gasteiger partial charge in [0.2, 0.25) is 5.36 Å². The van der Waals surface area contributed by atoms with Gasteiger partial charge in [0.15, 0.2) is 0 Å². The zero-order chi connectivity index (χ0) is 35.9. The molecule has 0 bridgehead atoms. The topological polar surface area (TPSA) is 165 Å². The second kappa shape index (κ2) is 10.1. The number of nitrogens with zero attached hydrogens (tertiary/aromatic N) is 5. The molecular weight excluding hydrogens is 647 g/mol. The second-order valence-corrected chi connectivity index (χ2v) is 14.3. The molecule has 52 heavy (non-hydrogen) atoms. The van der Waals surface area contributed by atoms with E-state index >= 15 is 5.11 Å². The molecule has 3 heterocycles. The van der Waals surface area contributed by atoms with Crippen molar-refractivity contribution in [2.75, 3.05) is 66.6 Å². The van der Waals surface area contributed by atoms with E-state index in [9.17, 15) is 5.26 Å². The number of nitrogen functional groups attached to an aromatic ring is 4. The third kappa shape index (κ3) is 3.48. The van der Waals surface area contributed by atoms with Crippen LogP contribution in [0.1, 0.15) is 16.7 Å². The highest BCUT2D eigenvalue weighted by atomic mass is 16.3. The molecule has 8 N–H and O–H groups in total. The maximum absolute atomic E-state index is 15.4. The number of rotatable bonds is 1. The lowest BCUT2D eigenvalue weighted by Crippen LogP contribution is -2.43. The second-order valence-electron chi connectivity index (χ2n) is 14.3. The van der Waals surface area contributed by atoms with Crippen LogP contribution >= 0.6 is 0 Å². The Hall–Kier alpha value is -6.91. The van der Waals surface area contributed by atoms with Crippen molar-refractivity contribution in [2.45, 2.75) is 12.8 Å². The van der Waals surface area contributed by atoms with Crippen LogP contribution in [0.5, 0.6) is 0 Å². The first-order valence-electron chi connectivity index (χ1n) is 17.3. The third-order valence-corrected chi connectivity index (χ3v) is 11.7. The minimum Gasteiger partial charge on any atom is -0.872 e. The lowest BCUT2D eigenvalue weighted by molar-refractivity contribution is -0.292. The highest BCUT2D eigenvalue weighted by Crippen LogP contribution is 2.56. The quantitative estimate of drug-likeness (QED) is 0.0672. The van der Waals surface area contributed by atoms with Crippen LogP contribution in [0.15, 0.2) is 71.6 Å². The summed E-state index contributed by atoms with van der Waals surface area (Å²) in [6.45, 7) is 10.6. The van der Waals surface area contributed by atoms with E-state index in [1.807, 2.05) is 56.6 Å². The molecular formula is C42H33N9O. The molecule has 3 aliphatic heterocycles. The van der Waals surface area contributed by atoms with Crippen LogP contribution in [0.25, 0.3) is 59.1 Å². The summed E-state index contributed by atoms with van der Waals surface area (Å²) in [6, 6.07) is 19.6. The molecule has 0 unspecified atom stereocenters. The van der Waals surface area contributed by atoms with Crippen LogP contribution in [0.3, 0.4) is 0 Å². The van der Waals surface area contributed by atoms with Gasteiger partial charge in [0.05, 0.1) is 35.8 Å². The van der Waals surface area contributed by atoms with Gasteiger partial charge in [-0.2, -0.15) is 0 Å². The number of fused-ring (bicyclic) bond motifs is 2. The van der Waals surface area contributed by atoms with E-state index in [-0.39, 0.29) is 28.2 Å². The summed E-state index contributed by atoms with van der Waals surface area (Å²) in [5.41, 5.74) is 34.8. The normalized spacial score (nSPS) is 17.0. The zero-order valence-corrected chi connectivity index (χ0v) is 28.7. The van der Waals surface area contributed by atoms with Crippen LogP contribution in [0.2, 0.25) is 0 Å². The number of nitriles is 1. The van der Waals surface area contributed by atoms with Gasteiger partial charge in [-0.1, -0.05) is 30.0 Å². The molecule has 0 amide bonds. The summed E-state index contributed by atoms with van der Waals surface area (Å²) in [4.78, 5) is 8.03. The van der Waals surface area contributed by atoms with Gasteiger partial charge in [0, 0.05) is 104 Å². The fraction of sp³-hybridized carbons (Fsp3) is 0.167. The van der Waals surface area contributed by atoms with Gasteiger partial charge < -0.3 is 37.8 Å². The molecule has 6 aromatic carbocycles. The predicted octanol–water partition coefficient (Wildman–Crippen LogP) is 3.71. The van der Waals surface area contributed by atoms with Crippen molar-refractivity contribution >= 4 is 88.4 Å². The smallest absolute Gasteiger partial charge is 0.270 e. The first kappa shape index (κ1) is 30.0. The van der Waals surface area contributed by atoms with Gasteiger partial charge in [-0.05, 0) is 52.6 Å². The molecule has 0 atom stereocenters. The summed E-state index contributed by atoms with van der Waals surface area (Å²) in [7, 11) is 4.04. The van der Waals surface area contributed by atoms with Crippen molar-refractivity contribution in [3.63, 3.8) is 0 Å². The van der Waals surface area contributed by atoms with Gasteiger partial charge in [0.1, 0.15) is 13.1 Å². The molecule has 0 aromatic heterocycles. The summed E-state index contributed by atoms with van der Waals surface area (Å²) < 4.78 is 2.40. The van der Waals surface area contributed by atoms with E-state index in [2.05, 4.69) is 37.4 Å². The van der Waals surface area contributed by atoms with Gasteiger partial charge in [-0.3, -0.25) is 0 Å². The van der Waals surface area contributed by atoms with Gasteiger partial charge >= 0.3 is 0 Å². The van der Waals surface area contributed by atoms with Crippen LogP contribution in [0, 0.1) is 17.9 Å². The highest BCUT2D eigenvalue weighted by molar-refractivity contribution is 6.31. The number of allylic oxidation sites excluding steroid dienone is 3. The Balaban J connectivity index is 1.51. The Labute approximate surface area is 298 Å². The SMILES string of the molecule is [C-]#[N+]/C(C#N)=C1/C(c2c3c(N)cccc3c3c4c(ccc(N)c24)N(C)CN3C)=C([O-])C1=c1c2c(N)ccc3c2c2c4c(ccc(N)c14)CC[N+]=2CC3. The molecule has 10 heteroatoms. The van der Waals surface area contributed by atoms with Crippen LogP contribution in [0.4, 0.5) is 34.1 Å². The standard InChI is InChI=1S/C42H33N9O/c1-48-26(17-43)34-38(36-30-21(5-4-6-22(30)44)40-35-27(49(2)18-50(40)3)12-11-25(47)33(35)36)42(52)39(34)37-31-23(45)9-7-19-13-15-51-16-14-20-8-10-24(46)32(37)29(20)41(51)28(19)31/h4-12H,13-16,18,44-47H2,2-3H3/b34-26-. The molecule has 10 nitrogen and oxygen atoms in total. The predicted molar refractivity (Wildman–Crippen MR) is 209 cm³/mol. The largest absolute Gasteiger partial charge is 0.872 e. The Bertz CT molecular complexity index is 2950. The monoisotopic (exact) mass is 679 g/mol. The van der Waals surface area contributed by atoms with Crippen LogP contribution < -0.4 is 53.0 Å². The minimum absolute atomic E-state index is 0.198. The number of hydrogen-bond acceptors (Lipinski definition) is 8. The Morgan fingerprint density at radius 2 is 1.38 bits per heavy atom. The lowest BCUT2D eigenvalue weighted by atomic mass is 9.72. The molecule has 0 saturated carbocycles. The molecule has 6 aromatic rings. The maximum Gasteiger partial charge on any atom is 0.270 e. The van der Waals surface area contributed by atoms with Gasteiger partial charge in [-0.25, -0.2) is 14.7 Å². The lowest BCUT2D eigenvalue weighted by Gasteiger charge is -2.41. The van der Waals surface area contributed by atoms with E-state index in [0.717, 1.165) is 86.1 Å². The van der Waals surface area contributed by atoms with Crippen LogP contribution in [-0.4, -0.2) is 33.9 Å². The maximum atomic E-state index is 15.4. The summed E-state index contributed by atoms with van der Waals surface area (Å²) in [5.74, 6) is -0.315. The number of hydrogen-bond donors (Lipinski definition) is 4. The summed E-state index contributed by atoms with van der Waals surface area (Å²) >= 11 is 0. The van der Waals surface area contributed by atoms with Crippen molar-refractivity contribution in [1.82, 2.24) is 4.58 Å². The molecule has 252 valence electrons. The summed E-state index contributed by atoms with van der Waals surface area (Å²) in [6.07, 6.45) is 1.66. The molecule has 0 spiro atoms. The van der Waals surface area contributed by atoms with E-state index in [1.165, 1.54) is 0 Å². The van der Waals surface area contributed by atoms with Gasteiger partial charge in [0.25, 0.3) is 5.70 Å². The van der Waals surface area contributed by atoms with Gasteiger partial charge in [-0.15, -0.1) is 0 Å². The van der Waals surface area contributed by atoms with Crippen molar-refractivity contribution in [3.05, 3.63) is 110 Å². The van der Waals surface area contributed by atoms with E-state index in [4.69, 9.17) is 29.5 Å². The van der Waals surface area contributed by atoms with Crippen molar-refractivity contribution < 1.29 is 5.11 Å². The Kier molecular flexibility index (Phi) is 5.81. The average Bonchev–Trinajstić information content (AvgIpc) is 3.13. The number of nitrogens with two attached hydrogens (primary N) is 4. The Morgan fingerprint density at radius 3 is 2.02 bits per heavy atom. The van der Waals surface area contributed by atoms with Crippen molar-refractivity contribution in [2.24, 2.45) is 0 Å². The van der Waals surface area contributed by atoms with Crippen molar-refractivity contribution in [3.8, 4) is 6.07 Å². The molecule has 0 fully saturated rings. The first-order chi connectivity index (χ1) is 25.2. The van der Waals surface area contributed by atoms with Crippen molar-refractivity contribution in [1.29, 1.82) is 5.26 Å². The summed E-state index contributed by atoms with van der Waals surface area (Å²) in [5, 5.41) is 34.2. The van der Waals surface area contributed by atoms with Crippen LogP contribution in [-0.2, 0) is 12.8 Å². The highest BCUT2D eigenvalue weighted by Gasteiger charge is 2.37. The molecule has 0 radical (unpaired) electrons. The fourth-order valence-electron chi connectivity index (χ4n) is 9.60. The molecule has 1 aliphatic carbocycles. The zero-order valence-electron chi connectivity index (χ0n) is 28.7. The fourth-order valence-corrected chi connectivity index (χ4v) is 9.60.